The number of ether oxygens (including phenoxy) is 2. The molecule has 0 radical (unpaired) electrons. The first-order chi connectivity index (χ1) is 8.36. The Morgan fingerprint density at radius 1 is 1.29 bits per heavy atom. The standard InChI is InChI=1S/C13H26N2O2/c1-15(12-5-4-7-14-11-12)8-10-17-13-6-2-3-9-16-13/h12-14H,2-11H2,1H3. The Balaban J connectivity index is 1.57. The van der Waals surface area contributed by atoms with Gasteiger partial charge in [-0.3, -0.25) is 4.90 Å². The average molecular weight is 242 g/mol. The van der Waals surface area contributed by atoms with Gasteiger partial charge < -0.3 is 14.8 Å². The second-order valence-corrected chi connectivity index (χ2v) is 5.15. The molecule has 0 aromatic heterocycles. The molecule has 0 spiro atoms. The zero-order valence-corrected chi connectivity index (χ0v) is 11.0. The molecule has 0 aromatic carbocycles. The molecule has 0 aliphatic carbocycles. The monoisotopic (exact) mass is 242 g/mol. The van der Waals surface area contributed by atoms with Crippen molar-refractivity contribution in [1.82, 2.24) is 10.2 Å². The Morgan fingerprint density at radius 2 is 2.24 bits per heavy atom. The summed E-state index contributed by atoms with van der Waals surface area (Å²) in [6, 6.07) is 0.680. The van der Waals surface area contributed by atoms with Gasteiger partial charge in [-0.15, -0.1) is 0 Å². The Kier molecular flexibility index (Phi) is 5.71. The molecular weight excluding hydrogens is 216 g/mol. The Labute approximate surface area is 105 Å². The van der Waals surface area contributed by atoms with E-state index in [2.05, 4.69) is 17.3 Å². The zero-order chi connectivity index (χ0) is 11.9. The van der Waals surface area contributed by atoms with Crippen LogP contribution in [-0.4, -0.2) is 57.1 Å². The average Bonchev–Trinajstić information content (AvgIpc) is 2.41. The number of hydrogen-bond donors (Lipinski definition) is 1. The molecule has 2 heterocycles. The molecule has 0 amide bonds. The quantitative estimate of drug-likeness (QED) is 0.786. The summed E-state index contributed by atoms with van der Waals surface area (Å²) in [6.07, 6.45) is 6.15. The number of hydrogen-bond acceptors (Lipinski definition) is 4. The lowest BCUT2D eigenvalue weighted by atomic mass is 10.1. The minimum Gasteiger partial charge on any atom is -0.353 e. The minimum atomic E-state index is 0.0571. The lowest BCUT2D eigenvalue weighted by Crippen LogP contribution is -2.45. The van der Waals surface area contributed by atoms with Gasteiger partial charge in [-0.25, -0.2) is 0 Å². The van der Waals surface area contributed by atoms with Crippen molar-refractivity contribution >= 4 is 0 Å². The zero-order valence-electron chi connectivity index (χ0n) is 11.0. The molecule has 2 atom stereocenters. The highest BCUT2D eigenvalue weighted by Crippen LogP contribution is 2.14. The Bertz CT molecular complexity index is 202. The Morgan fingerprint density at radius 3 is 2.94 bits per heavy atom. The first kappa shape index (κ1) is 13.3. The summed E-state index contributed by atoms with van der Waals surface area (Å²) in [5.41, 5.74) is 0. The van der Waals surface area contributed by atoms with Crippen molar-refractivity contribution in [1.29, 1.82) is 0 Å². The highest BCUT2D eigenvalue weighted by molar-refractivity contribution is 4.76. The third-order valence-corrected chi connectivity index (χ3v) is 3.78. The van der Waals surface area contributed by atoms with E-state index in [9.17, 15) is 0 Å². The van der Waals surface area contributed by atoms with Gasteiger partial charge in [0.25, 0.3) is 0 Å². The number of rotatable bonds is 5. The van der Waals surface area contributed by atoms with Crippen molar-refractivity contribution < 1.29 is 9.47 Å². The molecule has 4 heteroatoms. The summed E-state index contributed by atoms with van der Waals surface area (Å²) < 4.78 is 11.3. The SMILES string of the molecule is CN(CCOC1CCCCO1)C1CCCNC1. The first-order valence-corrected chi connectivity index (χ1v) is 7.00. The summed E-state index contributed by atoms with van der Waals surface area (Å²) in [6.45, 7) is 4.96. The molecule has 2 fully saturated rings. The first-order valence-electron chi connectivity index (χ1n) is 7.00. The highest BCUT2D eigenvalue weighted by Gasteiger charge is 2.18. The van der Waals surface area contributed by atoms with Gasteiger partial charge in [0.2, 0.25) is 0 Å². The predicted molar refractivity (Wildman–Crippen MR) is 68.1 cm³/mol. The van der Waals surface area contributed by atoms with Gasteiger partial charge in [-0.1, -0.05) is 0 Å². The highest BCUT2D eigenvalue weighted by atomic mass is 16.7. The predicted octanol–water partition coefficient (Wildman–Crippen LogP) is 1.21. The van der Waals surface area contributed by atoms with Crippen LogP contribution in [-0.2, 0) is 9.47 Å². The second-order valence-electron chi connectivity index (χ2n) is 5.15. The summed E-state index contributed by atoms with van der Waals surface area (Å²) in [4.78, 5) is 2.41. The van der Waals surface area contributed by atoms with Gasteiger partial charge in [0, 0.05) is 25.7 Å². The van der Waals surface area contributed by atoms with Gasteiger partial charge in [0.05, 0.1) is 6.61 Å². The maximum absolute atomic E-state index is 5.76. The van der Waals surface area contributed by atoms with Crippen LogP contribution >= 0.6 is 0 Å². The van der Waals surface area contributed by atoms with Crippen LogP contribution in [0, 0.1) is 0 Å². The van der Waals surface area contributed by atoms with E-state index in [0.29, 0.717) is 6.04 Å². The number of nitrogens with one attached hydrogen (secondary N) is 1. The molecule has 2 aliphatic rings. The van der Waals surface area contributed by atoms with Crippen LogP contribution in [0.2, 0.25) is 0 Å². The van der Waals surface area contributed by atoms with Gasteiger partial charge in [0.15, 0.2) is 6.29 Å². The van der Waals surface area contributed by atoms with E-state index >= 15 is 0 Å². The summed E-state index contributed by atoms with van der Waals surface area (Å²) in [5.74, 6) is 0. The number of likely N-dealkylation sites (N-methyl/N-ethyl adjacent to an activating group) is 1. The van der Waals surface area contributed by atoms with E-state index in [1.165, 1.54) is 32.2 Å². The molecule has 1 N–H and O–H groups in total. The fourth-order valence-corrected chi connectivity index (χ4v) is 2.56. The van der Waals surface area contributed by atoms with Crippen molar-refractivity contribution in [3.63, 3.8) is 0 Å². The molecule has 2 aliphatic heterocycles. The van der Waals surface area contributed by atoms with E-state index in [0.717, 1.165) is 32.7 Å². The van der Waals surface area contributed by atoms with Crippen molar-refractivity contribution in [3.05, 3.63) is 0 Å². The van der Waals surface area contributed by atoms with E-state index in [1.807, 2.05) is 0 Å². The van der Waals surface area contributed by atoms with Crippen LogP contribution in [0.3, 0.4) is 0 Å². The maximum atomic E-state index is 5.76. The van der Waals surface area contributed by atoms with Crippen LogP contribution in [0.5, 0.6) is 0 Å². The molecular formula is C13H26N2O2. The van der Waals surface area contributed by atoms with E-state index in [-0.39, 0.29) is 6.29 Å². The van der Waals surface area contributed by atoms with E-state index in [4.69, 9.17) is 9.47 Å². The fourth-order valence-electron chi connectivity index (χ4n) is 2.56. The second kappa shape index (κ2) is 7.31. The summed E-state index contributed by atoms with van der Waals surface area (Å²) in [7, 11) is 2.20. The summed E-state index contributed by atoms with van der Waals surface area (Å²) >= 11 is 0. The topological polar surface area (TPSA) is 33.7 Å². The lowest BCUT2D eigenvalue weighted by Gasteiger charge is -2.32. The lowest BCUT2D eigenvalue weighted by molar-refractivity contribution is -0.164. The van der Waals surface area contributed by atoms with Crippen molar-refractivity contribution in [3.8, 4) is 0 Å². The molecule has 2 unspecified atom stereocenters. The number of nitrogens with zero attached hydrogens (tertiary/aromatic N) is 1. The van der Waals surface area contributed by atoms with Gasteiger partial charge in [-0.2, -0.15) is 0 Å². The molecule has 0 saturated carbocycles. The molecule has 4 nitrogen and oxygen atoms in total. The molecule has 0 bridgehead atoms. The van der Waals surface area contributed by atoms with Gasteiger partial charge in [-0.05, 0) is 45.7 Å². The van der Waals surface area contributed by atoms with Crippen LogP contribution < -0.4 is 5.32 Å². The smallest absolute Gasteiger partial charge is 0.157 e. The Hall–Kier alpha value is -0.160. The molecule has 100 valence electrons. The molecule has 2 rings (SSSR count). The number of piperidine rings is 1. The van der Waals surface area contributed by atoms with Crippen LogP contribution in [0.4, 0.5) is 0 Å². The van der Waals surface area contributed by atoms with E-state index < -0.39 is 0 Å². The van der Waals surface area contributed by atoms with Crippen molar-refractivity contribution in [2.75, 3.05) is 39.9 Å². The third kappa shape index (κ3) is 4.54. The van der Waals surface area contributed by atoms with Crippen LogP contribution in [0.15, 0.2) is 0 Å². The van der Waals surface area contributed by atoms with Crippen molar-refractivity contribution in [2.24, 2.45) is 0 Å². The fraction of sp³-hybridized carbons (Fsp3) is 1.00. The molecule has 17 heavy (non-hydrogen) atoms. The van der Waals surface area contributed by atoms with Gasteiger partial charge >= 0.3 is 0 Å². The normalized spacial score (nSPS) is 30.7. The van der Waals surface area contributed by atoms with Crippen molar-refractivity contribution in [2.45, 2.75) is 44.4 Å². The third-order valence-electron chi connectivity index (χ3n) is 3.78. The van der Waals surface area contributed by atoms with Crippen LogP contribution in [0.25, 0.3) is 0 Å². The van der Waals surface area contributed by atoms with Gasteiger partial charge in [0.1, 0.15) is 0 Å². The summed E-state index contributed by atoms with van der Waals surface area (Å²) in [5, 5.41) is 3.45. The molecule has 2 saturated heterocycles. The minimum absolute atomic E-state index is 0.0571. The van der Waals surface area contributed by atoms with Crippen LogP contribution in [0.1, 0.15) is 32.1 Å². The maximum Gasteiger partial charge on any atom is 0.157 e. The molecule has 0 aromatic rings. The van der Waals surface area contributed by atoms with E-state index in [1.54, 1.807) is 0 Å². The largest absolute Gasteiger partial charge is 0.353 e.